The van der Waals surface area contributed by atoms with Gasteiger partial charge < -0.3 is 24.5 Å². The molecule has 0 bridgehead atoms. The molecule has 4 heterocycles. The third-order valence-electron chi connectivity index (χ3n) is 6.49. The van der Waals surface area contributed by atoms with Gasteiger partial charge in [-0.05, 0) is 57.9 Å². The average molecular weight is 477 g/mol. The predicted molar refractivity (Wildman–Crippen MR) is 130 cm³/mol. The summed E-state index contributed by atoms with van der Waals surface area (Å²) in [5.41, 5.74) is 2.16. The van der Waals surface area contributed by atoms with Gasteiger partial charge in [0.2, 0.25) is 0 Å². The Morgan fingerprint density at radius 2 is 2.09 bits per heavy atom. The second-order valence-electron chi connectivity index (χ2n) is 9.28. The fraction of sp³-hybridized carbons (Fsp3) is 0.346. The third-order valence-corrected chi connectivity index (χ3v) is 6.49. The van der Waals surface area contributed by atoms with Crippen molar-refractivity contribution in [3.8, 4) is 11.5 Å². The molecule has 2 amide bonds. The summed E-state index contributed by atoms with van der Waals surface area (Å²) in [6, 6.07) is 7.08. The van der Waals surface area contributed by atoms with E-state index in [9.17, 15) is 14.7 Å². The van der Waals surface area contributed by atoms with Crippen molar-refractivity contribution in [1.29, 1.82) is 0 Å². The van der Waals surface area contributed by atoms with Gasteiger partial charge in [-0.25, -0.2) is 4.52 Å². The van der Waals surface area contributed by atoms with Crippen molar-refractivity contribution in [3.05, 3.63) is 59.1 Å². The van der Waals surface area contributed by atoms with E-state index in [2.05, 4.69) is 10.4 Å². The van der Waals surface area contributed by atoms with E-state index >= 15 is 0 Å². The van der Waals surface area contributed by atoms with E-state index in [4.69, 9.17) is 9.15 Å². The maximum atomic E-state index is 13.2. The first-order valence-electron chi connectivity index (χ1n) is 11.7. The van der Waals surface area contributed by atoms with Gasteiger partial charge in [-0.3, -0.25) is 9.59 Å². The molecular weight excluding hydrogens is 448 g/mol. The topological polar surface area (TPSA) is 109 Å². The summed E-state index contributed by atoms with van der Waals surface area (Å²) in [5, 5.41) is 18.1. The van der Waals surface area contributed by atoms with E-state index in [0.717, 1.165) is 5.56 Å². The highest BCUT2D eigenvalue weighted by atomic mass is 16.5. The molecule has 3 aromatic heterocycles. The Morgan fingerprint density at radius 1 is 1.29 bits per heavy atom. The number of furan rings is 1. The first-order chi connectivity index (χ1) is 16.7. The third kappa shape index (κ3) is 4.01. The molecule has 5 rings (SSSR count). The van der Waals surface area contributed by atoms with Crippen LogP contribution in [0.1, 0.15) is 52.3 Å². The lowest BCUT2D eigenvalue weighted by atomic mass is 10.1. The quantitative estimate of drug-likeness (QED) is 0.453. The maximum absolute atomic E-state index is 13.2. The highest BCUT2D eigenvalue weighted by Gasteiger charge is 2.35. The molecule has 35 heavy (non-hydrogen) atoms. The van der Waals surface area contributed by atoms with Crippen molar-refractivity contribution >= 4 is 28.3 Å². The van der Waals surface area contributed by atoms with Crippen LogP contribution in [0.5, 0.6) is 11.5 Å². The molecule has 2 N–H and O–H groups in total. The minimum Gasteiger partial charge on any atom is -0.461 e. The number of benzene rings is 1. The molecular formula is C26H28N4O5. The van der Waals surface area contributed by atoms with E-state index in [-0.39, 0.29) is 11.8 Å². The minimum absolute atomic E-state index is 0.140. The number of carbonyl (C=O) groups is 2. The molecule has 0 aliphatic carbocycles. The van der Waals surface area contributed by atoms with Crippen LogP contribution >= 0.6 is 0 Å². The number of fused-ring (bicyclic) bond motifs is 2. The van der Waals surface area contributed by atoms with Crippen molar-refractivity contribution in [2.24, 2.45) is 0 Å². The molecule has 1 saturated heterocycles. The number of β-amino-alcohol motifs (C(OH)–C–C–N with tert-alkyl or cyclic N) is 1. The summed E-state index contributed by atoms with van der Waals surface area (Å²) in [4.78, 5) is 27.4. The number of aryl methyl sites for hydroxylation is 2. The Labute approximate surface area is 202 Å². The van der Waals surface area contributed by atoms with Gasteiger partial charge in [0, 0.05) is 37.3 Å². The smallest absolute Gasteiger partial charge is 0.255 e. The number of likely N-dealkylation sites (tertiary alicyclic amines) is 1. The normalized spacial score (nSPS) is 17.9. The van der Waals surface area contributed by atoms with Crippen LogP contribution in [0.3, 0.4) is 0 Å². The van der Waals surface area contributed by atoms with Crippen LogP contribution in [0.4, 0.5) is 0 Å². The van der Waals surface area contributed by atoms with E-state index in [1.165, 1.54) is 0 Å². The van der Waals surface area contributed by atoms with Crippen LogP contribution in [0.15, 0.2) is 41.1 Å². The highest BCUT2D eigenvalue weighted by Crippen LogP contribution is 2.34. The van der Waals surface area contributed by atoms with Crippen LogP contribution in [-0.2, 0) is 0 Å². The van der Waals surface area contributed by atoms with Gasteiger partial charge in [0.05, 0.1) is 22.9 Å². The molecule has 9 heteroatoms. The van der Waals surface area contributed by atoms with Gasteiger partial charge in [0.1, 0.15) is 22.6 Å². The maximum Gasteiger partial charge on any atom is 0.255 e. The molecule has 9 nitrogen and oxygen atoms in total. The first-order valence-corrected chi connectivity index (χ1v) is 11.7. The fourth-order valence-corrected chi connectivity index (χ4v) is 4.73. The van der Waals surface area contributed by atoms with Crippen LogP contribution < -0.4 is 10.1 Å². The van der Waals surface area contributed by atoms with Gasteiger partial charge in [-0.2, -0.15) is 5.10 Å². The largest absolute Gasteiger partial charge is 0.461 e. The Bertz CT molecular complexity index is 1470. The number of aromatic nitrogens is 2. The summed E-state index contributed by atoms with van der Waals surface area (Å²) in [6.07, 6.45) is 3.85. The highest BCUT2D eigenvalue weighted by molar-refractivity contribution is 6.07. The first kappa shape index (κ1) is 22.9. The van der Waals surface area contributed by atoms with Crippen LogP contribution in [0.25, 0.3) is 16.5 Å². The summed E-state index contributed by atoms with van der Waals surface area (Å²) in [6.45, 7) is 8.55. The van der Waals surface area contributed by atoms with E-state index in [1.54, 1.807) is 59.9 Å². The number of rotatable bonds is 5. The molecule has 1 aliphatic rings. The minimum atomic E-state index is -0.869. The lowest BCUT2D eigenvalue weighted by molar-refractivity contribution is 0.0572. The lowest BCUT2D eigenvalue weighted by Gasteiger charge is -2.18. The molecule has 0 saturated carbocycles. The van der Waals surface area contributed by atoms with Gasteiger partial charge >= 0.3 is 0 Å². The fourth-order valence-electron chi connectivity index (χ4n) is 4.73. The monoisotopic (exact) mass is 476 g/mol. The van der Waals surface area contributed by atoms with Gasteiger partial charge in [0.15, 0.2) is 5.75 Å². The zero-order valence-electron chi connectivity index (χ0n) is 20.2. The number of ether oxygens (including phenoxy) is 1. The standard InChI is InChI=1S/C26H28N4O5/c1-5-27-24(31)22-16(3)34-20-7-6-17(12-18(20)22)35-21-8-10-28-30-13-19(15(2)23(21)30)25(32)29-11-9-26(4,33)14-29/h6-8,10,12-13,33H,5,9,11,14H2,1-4H3,(H,27,31)/t26-/m1/s1. The zero-order valence-corrected chi connectivity index (χ0v) is 20.2. The predicted octanol–water partition coefficient (Wildman–Crippen LogP) is 3.84. The molecule has 1 aliphatic heterocycles. The lowest BCUT2D eigenvalue weighted by Crippen LogP contribution is -2.34. The van der Waals surface area contributed by atoms with E-state index in [1.807, 2.05) is 13.8 Å². The number of hydrogen-bond donors (Lipinski definition) is 2. The molecule has 1 fully saturated rings. The van der Waals surface area contributed by atoms with Crippen LogP contribution in [-0.4, -0.2) is 56.7 Å². The zero-order chi connectivity index (χ0) is 24.9. The summed E-state index contributed by atoms with van der Waals surface area (Å²) < 4.78 is 13.6. The van der Waals surface area contributed by atoms with Crippen molar-refractivity contribution in [2.45, 2.75) is 39.7 Å². The van der Waals surface area contributed by atoms with Gasteiger partial charge in [-0.15, -0.1) is 0 Å². The molecule has 4 aromatic rings. The number of hydrogen-bond acceptors (Lipinski definition) is 6. The average Bonchev–Trinajstić information content (AvgIpc) is 3.45. The summed E-state index contributed by atoms with van der Waals surface area (Å²) in [7, 11) is 0. The molecule has 0 unspecified atom stereocenters. The molecule has 182 valence electrons. The second-order valence-corrected chi connectivity index (χ2v) is 9.28. The Kier molecular flexibility index (Phi) is 5.52. The molecule has 1 aromatic carbocycles. The summed E-state index contributed by atoms with van der Waals surface area (Å²) in [5.74, 6) is 1.27. The second kappa shape index (κ2) is 8.42. The number of nitrogens with one attached hydrogen (secondary N) is 1. The van der Waals surface area contributed by atoms with Crippen LogP contribution in [0, 0.1) is 13.8 Å². The number of carbonyl (C=O) groups excluding carboxylic acids is 2. The Hall–Kier alpha value is -3.85. The number of nitrogens with zero attached hydrogens (tertiary/aromatic N) is 3. The summed E-state index contributed by atoms with van der Waals surface area (Å²) >= 11 is 0. The molecule has 0 radical (unpaired) electrons. The van der Waals surface area contributed by atoms with Crippen molar-refractivity contribution in [2.75, 3.05) is 19.6 Å². The Morgan fingerprint density at radius 3 is 2.80 bits per heavy atom. The van der Waals surface area contributed by atoms with Gasteiger partial charge in [0.25, 0.3) is 11.8 Å². The number of aliphatic hydroxyl groups is 1. The van der Waals surface area contributed by atoms with Crippen molar-refractivity contribution in [1.82, 2.24) is 19.8 Å². The molecule has 1 atom stereocenters. The Balaban J connectivity index is 1.51. The van der Waals surface area contributed by atoms with E-state index < -0.39 is 5.60 Å². The van der Waals surface area contributed by atoms with Gasteiger partial charge in [-0.1, -0.05) is 0 Å². The van der Waals surface area contributed by atoms with Crippen molar-refractivity contribution < 1.29 is 23.8 Å². The molecule has 0 spiro atoms. The van der Waals surface area contributed by atoms with Crippen molar-refractivity contribution in [3.63, 3.8) is 0 Å². The number of amides is 2. The van der Waals surface area contributed by atoms with Crippen LogP contribution in [0.2, 0.25) is 0 Å². The van der Waals surface area contributed by atoms with E-state index in [0.29, 0.717) is 70.9 Å². The SMILES string of the molecule is CCNC(=O)c1c(C)oc2ccc(Oc3ccnn4cc(C(=O)N5CC[C@@](C)(O)C5)c(C)c34)cc12.